The van der Waals surface area contributed by atoms with Crippen molar-refractivity contribution >= 4 is 11.8 Å². The highest BCUT2D eigenvalue weighted by Gasteiger charge is 2.21. The summed E-state index contributed by atoms with van der Waals surface area (Å²) in [5.41, 5.74) is 7.63. The first-order valence-electron chi connectivity index (χ1n) is 6.65. The Hall–Kier alpha value is -0.510. The number of aryl methyl sites for hydroxylation is 1. The van der Waals surface area contributed by atoms with Crippen LogP contribution in [0.25, 0.3) is 0 Å². The van der Waals surface area contributed by atoms with Crippen molar-refractivity contribution < 1.29 is 5.11 Å². The highest BCUT2D eigenvalue weighted by atomic mass is 32.2. The van der Waals surface area contributed by atoms with Crippen molar-refractivity contribution in [3.8, 4) is 0 Å². The molecule has 102 valence electrons. The van der Waals surface area contributed by atoms with Gasteiger partial charge in [-0.2, -0.15) is 11.8 Å². The fraction of sp³-hybridized carbons (Fsp3) is 0.600. The lowest BCUT2D eigenvalue weighted by Crippen LogP contribution is -2.36. The van der Waals surface area contributed by atoms with Gasteiger partial charge in [0, 0.05) is 12.3 Å². The maximum atomic E-state index is 10.0. The molecule has 0 spiro atoms. The first-order valence-corrected chi connectivity index (χ1v) is 7.81. The third kappa shape index (κ3) is 5.42. The molecule has 3 heteroatoms. The van der Waals surface area contributed by atoms with Crippen LogP contribution < -0.4 is 5.73 Å². The zero-order valence-electron chi connectivity index (χ0n) is 11.5. The van der Waals surface area contributed by atoms with Gasteiger partial charge in [-0.3, -0.25) is 0 Å². The lowest BCUT2D eigenvalue weighted by molar-refractivity contribution is 0.0360. The summed E-state index contributed by atoms with van der Waals surface area (Å²) in [6, 6.07) is 8.63. The standard InChI is InChI=1S/C15H25NOS/c1-3-15(17,12-16)8-5-9-18-11-14-7-4-6-13(2)10-14/h4,6-7,10,17H,3,5,8-9,11-12,16H2,1-2H3. The van der Waals surface area contributed by atoms with Crippen molar-refractivity contribution in [2.24, 2.45) is 5.73 Å². The van der Waals surface area contributed by atoms with Gasteiger partial charge in [0.15, 0.2) is 0 Å². The SMILES string of the molecule is CCC(O)(CN)CCCSCc1cccc(C)c1. The molecule has 0 aliphatic carbocycles. The smallest absolute Gasteiger partial charge is 0.0767 e. The van der Waals surface area contributed by atoms with E-state index in [1.54, 1.807) is 0 Å². The monoisotopic (exact) mass is 267 g/mol. The molecule has 0 aromatic heterocycles. The van der Waals surface area contributed by atoms with Crippen LogP contribution in [-0.2, 0) is 5.75 Å². The predicted molar refractivity (Wildman–Crippen MR) is 80.9 cm³/mol. The minimum atomic E-state index is -0.649. The molecule has 1 atom stereocenters. The molecule has 0 heterocycles. The summed E-state index contributed by atoms with van der Waals surface area (Å²) in [4.78, 5) is 0. The van der Waals surface area contributed by atoms with Crippen molar-refractivity contribution in [2.45, 2.75) is 44.5 Å². The zero-order chi connectivity index (χ0) is 13.4. The number of rotatable bonds is 8. The van der Waals surface area contributed by atoms with Crippen LogP contribution in [-0.4, -0.2) is 23.0 Å². The van der Waals surface area contributed by atoms with Gasteiger partial charge in [0.1, 0.15) is 0 Å². The third-order valence-electron chi connectivity index (χ3n) is 3.32. The summed E-state index contributed by atoms with van der Waals surface area (Å²) in [6.07, 6.45) is 2.57. The van der Waals surface area contributed by atoms with Gasteiger partial charge in [-0.15, -0.1) is 0 Å². The molecule has 0 aliphatic rings. The van der Waals surface area contributed by atoms with Gasteiger partial charge in [0.25, 0.3) is 0 Å². The van der Waals surface area contributed by atoms with Crippen LogP contribution in [0.4, 0.5) is 0 Å². The lowest BCUT2D eigenvalue weighted by Gasteiger charge is -2.24. The Morgan fingerprint density at radius 1 is 1.39 bits per heavy atom. The van der Waals surface area contributed by atoms with Crippen LogP contribution in [0.1, 0.15) is 37.3 Å². The Kier molecular flexibility index (Phi) is 6.76. The maximum absolute atomic E-state index is 10.0. The minimum Gasteiger partial charge on any atom is -0.389 e. The molecule has 3 N–H and O–H groups in total. The summed E-state index contributed by atoms with van der Waals surface area (Å²) in [5.74, 6) is 2.13. The largest absolute Gasteiger partial charge is 0.389 e. The number of hydrogen-bond donors (Lipinski definition) is 2. The number of aliphatic hydroxyl groups is 1. The van der Waals surface area contributed by atoms with E-state index < -0.39 is 5.60 Å². The average Bonchev–Trinajstić information content (AvgIpc) is 2.38. The Morgan fingerprint density at radius 2 is 2.17 bits per heavy atom. The number of hydrogen-bond acceptors (Lipinski definition) is 3. The third-order valence-corrected chi connectivity index (χ3v) is 4.43. The maximum Gasteiger partial charge on any atom is 0.0767 e. The Labute approximate surface area is 115 Å². The summed E-state index contributed by atoms with van der Waals surface area (Å²) in [7, 11) is 0. The second kappa shape index (κ2) is 7.82. The molecule has 1 unspecified atom stereocenters. The van der Waals surface area contributed by atoms with Gasteiger partial charge in [0.05, 0.1) is 5.60 Å². The molecule has 2 nitrogen and oxygen atoms in total. The van der Waals surface area contributed by atoms with E-state index >= 15 is 0 Å². The second-order valence-corrected chi connectivity index (χ2v) is 6.03. The van der Waals surface area contributed by atoms with E-state index in [2.05, 4.69) is 31.2 Å². The van der Waals surface area contributed by atoms with E-state index in [0.29, 0.717) is 6.54 Å². The van der Waals surface area contributed by atoms with Gasteiger partial charge in [-0.1, -0.05) is 36.8 Å². The van der Waals surface area contributed by atoms with E-state index in [-0.39, 0.29) is 0 Å². The molecule has 0 aliphatic heterocycles. The summed E-state index contributed by atoms with van der Waals surface area (Å²) < 4.78 is 0. The Morgan fingerprint density at radius 3 is 2.78 bits per heavy atom. The van der Waals surface area contributed by atoms with Gasteiger partial charge in [-0.05, 0) is 37.5 Å². The fourth-order valence-electron chi connectivity index (χ4n) is 1.92. The van der Waals surface area contributed by atoms with Crippen molar-refractivity contribution in [2.75, 3.05) is 12.3 Å². The predicted octanol–water partition coefficient (Wildman–Crippen LogP) is 3.11. The lowest BCUT2D eigenvalue weighted by atomic mass is 9.95. The van der Waals surface area contributed by atoms with Crippen molar-refractivity contribution in [3.05, 3.63) is 35.4 Å². The summed E-state index contributed by atoms with van der Waals surface area (Å²) in [6.45, 7) is 4.48. The molecule has 0 amide bonds. The average molecular weight is 267 g/mol. The van der Waals surface area contributed by atoms with Gasteiger partial charge in [-0.25, -0.2) is 0 Å². The van der Waals surface area contributed by atoms with E-state index in [9.17, 15) is 5.11 Å². The topological polar surface area (TPSA) is 46.2 Å². The van der Waals surface area contributed by atoms with E-state index in [0.717, 1.165) is 30.8 Å². The van der Waals surface area contributed by atoms with Gasteiger partial charge >= 0.3 is 0 Å². The van der Waals surface area contributed by atoms with Crippen LogP contribution in [0.15, 0.2) is 24.3 Å². The van der Waals surface area contributed by atoms with Crippen LogP contribution in [0.2, 0.25) is 0 Å². The fourth-order valence-corrected chi connectivity index (χ4v) is 2.83. The van der Waals surface area contributed by atoms with Crippen LogP contribution in [0, 0.1) is 6.92 Å². The van der Waals surface area contributed by atoms with Crippen molar-refractivity contribution in [1.82, 2.24) is 0 Å². The first kappa shape index (κ1) is 15.5. The number of thioether (sulfide) groups is 1. The second-order valence-electron chi connectivity index (χ2n) is 4.93. The highest BCUT2D eigenvalue weighted by Crippen LogP contribution is 2.19. The number of nitrogens with two attached hydrogens (primary N) is 1. The van der Waals surface area contributed by atoms with E-state index in [1.807, 2.05) is 18.7 Å². The molecule has 0 bridgehead atoms. The molecule has 18 heavy (non-hydrogen) atoms. The molecule has 0 radical (unpaired) electrons. The molecule has 0 saturated carbocycles. The molecule has 0 saturated heterocycles. The number of benzene rings is 1. The molecule has 1 aromatic rings. The minimum absolute atomic E-state index is 0.367. The van der Waals surface area contributed by atoms with Crippen LogP contribution in [0.3, 0.4) is 0 Å². The normalized spacial score (nSPS) is 14.4. The van der Waals surface area contributed by atoms with Crippen LogP contribution in [0.5, 0.6) is 0 Å². The highest BCUT2D eigenvalue weighted by molar-refractivity contribution is 7.98. The van der Waals surface area contributed by atoms with Crippen molar-refractivity contribution in [1.29, 1.82) is 0 Å². The first-order chi connectivity index (χ1) is 8.59. The van der Waals surface area contributed by atoms with Gasteiger partial charge < -0.3 is 10.8 Å². The Bertz CT molecular complexity index is 350. The molecular formula is C15H25NOS. The van der Waals surface area contributed by atoms with Crippen molar-refractivity contribution in [3.63, 3.8) is 0 Å². The quantitative estimate of drug-likeness (QED) is 0.711. The van der Waals surface area contributed by atoms with E-state index in [4.69, 9.17) is 5.73 Å². The molecule has 1 aromatic carbocycles. The summed E-state index contributed by atoms with van der Waals surface area (Å²) in [5, 5.41) is 10.0. The zero-order valence-corrected chi connectivity index (χ0v) is 12.3. The van der Waals surface area contributed by atoms with Crippen LogP contribution >= 0.6 is 11.8 Å². The molecule has 1 rings (SSSR count). The summed E-state index contributed by atoms with van der Waals surface area (Å²) >= 11 is 1.92. The Balaban J connectivity index is 2.19. The molecule has 0 fully saturated rings. The van der Waals surface area contributed by atoms with Gasteiger partial charge in [0.2, 0.25) is 0 Å². The molecular weight excluding hydrogens is 242 g/mol. The van der Waals surface area contributed by atoms with E-state index in [1.165, 1.54) is 11.1 Å².